The van der Waals surface area contributed by atoms with E-state index in [0.29, 0.717) is 15.6 Å². The van der Waals surface area contributed by atoms with Gasteiger partial charge in [0.2, 0.25) is 5.91 Å². The number of amides is 1. The predicted molar refractivity (Wildman–Crippen MR) is 74.7 cm³/mol. The third-order valence-electron chi connectivity index (χ3n) is 2.44. The van der Waals surface area contributed by atoms with E-state index in [1.54, 1.807) is 24.3 Å². The molecule has 1 aromatic carbocycles. The van der Waals surface area contributed by atoms with E-state index in [9.17, 15) is 9.90 Å². The lowest BCUT2D eigenvalue weighted by molar-refractivity contribution is -0.115. The summed E-state index contributed by atoms with van der Waals surface area (Å²) in [6.07, 6.45) is 1.48. The summed E-state index contributed by atoms with van der Waals surface area (Å²) < 4.78 is 0. The van der Waals surface area contributed by atoms with Gasteiger partial charge in [-0.1, -0.05) is 29.3 Å². The Labute approximate surface area is 120 Å². The fourth-order valence-corrected chi connectivity index (χ4v) is 2.06. The second kappa shape index (κ2) is 5.91. The van der Waals surface area contributed by atoms with Crippen LogP contribution in [0.2, 0.25) is 10.0 Å². The summed E-state index contributed by atoms with van der Waals surface area (Å²) in [5.74, 6) is -0.346. The summed E-state index contributed by atoms with van der Waals surface area (Å²) in [6.45, 7) is 0. The highest BCUT2D eigenvalue weighted by Crippen LogP contribution is 2.25. The lowest BCUT2D eigenvalue weighted by Gasteiger charge is -2.08. The Kier molecular flexibility index (Phi) is 4.24. The Bertz CT molecular complexity index is 597. The third-order valence-corrected chi connectivity index (χ3v) is 3.15. The van der Waals surface area contributed by atoms with Gasteiger partial charge in [-0.25, -0.2) is 4.98 Å². The second-order valence-electron chi connectivity index (χ2n) is 3.80. The lowest BCUT2D eigenvalue weighted by Crippen LogP contribution is -2.15. The molecule has 0 aliphatic heterocycles. The van der Waals surface area contributed by atoms with Crippen molar-refractivity contribution in [3.05, 3.63) is 52.1 Å². The topological polar surface area (TPSA) is 62.2 Å². The standard InChI is InChI=1S/C13H10Cl2N2O2/c14-9-3-1-4-10(15)8(9)7-12(19)17-13-11(18)5-2-6-16-13/h1-6,18H,7H2,(H,16,17,19). The molecule has 1 aromatic heterocycles. The van der Waals surface area contributed by atoms with E-state index >= 15 is 0 Å². The number of hydrogen-bond donors (Lipinski definition) is 2. The summed E-state index contributed by atoms with van der Waals surface area (Å²) >= 11 is 12.0. The zero-order valence-corrected chi connectivity index (χ0v) is 11.2. The highest BCUT2D eigenvalue weighted by Gasteiger charge is 2.12. The molecule has 0 aliphatic carbocycles. The minimum atomic E-state index is -0.357. The van der Waals surface area contributed by atoms with Gasteiger partial charge in [-0.2, -0.15) is 0 Å². The molecule has 0 radical (unpaired) electrons. The maximum Gasteiger partial charge on any atom is 0.230 e. The van der Waals surface area contributed by atoms with Crippen LogP contribution >= 0.6 is 23.2 Å². The molecule has 0 aliphatic rings. The van der Waals surface area contributed by atoms with Crippen LogP contribution < -0.4 is 5.32 Å². The molecule has 0 bridgehead atoms. The molecule has 2 N–H and O–H groups in total. The van der Waals surface area contributed by atoms with E-state index in [1.165, 1.54) is 12.3 Å². The number of hydrogen-bond acceptors (Lipinski definition) is 3. The Balaban J connectivity index is 2.12. The van der Waals surface area contributed by atoms with Crippen molar-refractivity contribution >= 4 is 34.9 Å². The first-order chi connectivity index (χ1) is 9.08. The van der Waals surface area contributed by atoms with Crippen molar-refractivity contribution in [1.29, 1.82) is 0 Å². The van der Waals surface area contributed by atoms with Crippen molar-refractivity contribution < 1.29 is 9.90 Å². The molecule has 0 spiro atoms. The fourth-order valence-electron chi connectivity index (χ4n) is 1.53. The SMILES string of the molecule is O=C(Cc1c(Cl)cccc1Cl)Nc1ncccc1O. The van der Waals surface area contributed by atoms with E-state index in [-0.39, 0.29) is 23.9 Å². The van der Waals surface area contributed by atoms with Crippen LogP contribution in [0.4, 0.5) is 5.82 Å². The average Bonchev–Trinajstić information content (AvgIpc) is 2.37. The van der Waals surface area contributed by atoms with Crippen molar-refractivity contribution in [1.82, 2.24) is 4.98 Å². The smallest absolute Gasteiger partial charge is 0.230 e. The van der Waals surface area contributed by atoms with Gasteiger partial charge in [0.05, 0.1) is 6.42 Å². The van der Waals surface area contributed by atoms with Gasteiger partial charge in [0.15, 0.2) is 11.6 Å². The number of aromatic nitrogens is 1. The van der Waals surface area contributed by atoms with E-state index in [4.69, 9.17) is 23.2 Å². The molecule has 2 aromatic rings. The zero-order valence-electron chi connectivity index (χ0n) is 9.73. The summed E-state index contributed by atoms with van der Waals surface area (Å²) in [4.78, 5) is 15.7. The van der Waals surface area contributed by atoms with Crippen molar-refractivity contribution in [2.75, 3.05) is 5.32 Å². The Hall–Kier alpha value is -1.78. The molecule has 1 amide bonds. The maximum absolute atomic E-state index is 11.9. The first kappa shape index (κ1) is 13.6. The number of halogens is 2. The van der Waals surface area contributed by atoms with Gasteiger partial charge in [-0.15, -0.1) is 0 Å². The molecule has 19 heavy (non-hydrogen) atoms. The van der Waals surface area contributed by atoms with Crippen molar-refractivity contribution in [3.63, 3.8) is 0 Å². The van der Waals surface area contributed by atoms with Crippen molar-refractivity contribution in [3.8, 4) is 5.75 Å². The summed E-state index contributed by atoms with van der Waals surface area (Å²) in [5.41, 5.74) is 0.541. The van der Waals surface area contributed by atoms with Crippen molar-refractivity contribution in [2.24, 2.45) is 0 Å². The minimum Gasteiger partial charge on any atom is -0.504 e. The zero-order chi connectivity index (χ0) is 13.8. The lowest BCUT2D eigenvalue weighted by atomic mass is 10.1. The summed E-state index contributed by atoms with van der Waals surface area (Å²) in [6, 6.07) is 8.03. The molecule has 4 nitrogen and oxygen atoms in total. The Morgan fingerprint density at radius 3 is 2.53 bits per heavy atom. The first-order valence-electron chi connectivity index (χ1n) is 5.44. The molecule has 2 rings (SSSR count). The number of pyridine rings is 1. The van der Waals surface area contributed by atoms with Crippen LogP contribution in [0.15, 0.2) is 36.5 Å². The third kappa shape index (κ3) is 3.36. The molecule has 98 valence electrons. The van der Waals surface area contributed by atoms with Gasteiger partial charge in [0.25, 0.3) is 0 Å². The molecule has 0 saturated heterocycles. The molecule has 0 atom stereocenters. The van der Waals surface area contributed by atoms with Crippen LogP contribution in [0.5, 0.6) is 5.75 Å². The second-order valence-corrected chi connectivity index (χ2v) is 4.61. The normalized spacial score (nSPS) is 10.2. The fraction of sp³-hybridized carbons (Fsp3) is 0.0769. The largest absolute Gasteiger partial charge is 0.504 e. The highest BCUT2D eigenvalue weighted by atomic mass is 35.5. The quantitative estimate of drug-likeness (QED) is 0.914. The molecular weight excluding hydrogens is 287 g/mol. The number of carbonyl (C=O) groups is 1. The van der Waals surface area contributed by atoms with Crippen LogP contribution in [-0.4, -0.2) is 16.0 Å². The van der Waals surface area contributed by atoms with E-state index in [0.717, 1.165) is 0 Å². The van der Waals surface area contributed by atoms with E-state index < -0.39 is 0 Å². The first-order valence-corrected chi connectivity index (χ1v) is 6.20. The van der Waals surface area contributed by atoms with Crippen LogP contribution in [0, 0.1) is 0 Å². The summed E-state index contributed by atoms with van der Waals surface area (Å²) in [7, 11) is 0. The molecule has 1 heterocycles. The number of rotatable bonds is 3. The van der Waals surface area contributed by atoms with Gasteiger partial charge < -0.3 is 10.4 Å². The van der Waals surface area contributed by atoms with Gasteiger partial charge in [-0.3, -0.25) is 4.79 Å². The van der Waals surface area contributed by atoms with Gasteiger partial charge in [0.1, 0.15) is 0 Å². The highest BCUT2D eigenvalue weighted by molar-refractivity contribution is 6.36. The van der Waals surface area contributed by atoms with Gasteiger partial charge in [-0.05, 0) is 29.8 Å². The number of carbonyl (C=O) groups excluding carboxylic acids is 1. The van der Waals surface area contributed by atoms with Gasteiger partial charge >= 0.3 is 0 Å². The van der Waals surface area contributed by atoms with Crippen LogP contribution in [-0.2, 0) is 11.2 Å². The van der Waals surface area contributed by atoms with Crippen molar-refractivity contribution in [2.45, 2.75) is 6.42 Å². The molecular formula is C13H10Cl2N2O2. The predicted octanol–water partition coefficient (Wildman–Crippen LogP) is 3.28. The molecule has 0 unspecified atom stereocenters. The van der Waals surface area contributed by atoms with E-state index in [2.05, 4.69) is 10.3 Å². The number of nitrogens with one attached hydrogen (secondary N) is 1. The van der Waals surface area contributed by atoms with Crippen LogP contribution in [0.3, 0.4) is 0 Å². The number of anilines is 1. The number of aromatic hydroxyl groups is 1. The van der Waals surface area contributed by atoms with Gasteiger partial charge in [0, 0.05) is 16.2 Å². The molecule has 6 heteroatoms. The van der Waals surface area contributed by atoms with Crippen LogP contribution in [0.25, 0.3) is 0 Å². The van der Waals surface area contributed by atoms with Crippen LogP contribution in [0.1, 0.15) is 5.56 Å². The maximum atomic E-state index is 11.9. The average molecular weight is 297 g/mol. The monoisotopic (exact) mass is 296 g/mol. The number of nitrogens with zero attached hydrogens (tertiary/aromatic N) is 1. The molecule has 0 saturated carbocycles. The summed E-state index contributed by atoms with van der Waals surface area (Å²) in [5, 5.41) is 12.8. The Morgan fingerprint density at radius 1 is 1.21 bits per heavy atom. The minimum absolute atomic E-state index is 0.00845. The Morgan fingerprint density at radius 2 is 1.89 bits per heavy atom. The molecule has 0 fully saturated rings. The van der Waals surface area contributed by atoms with E-state index in [1.807, 2.05) is 0 Å². The number of benzene rings is 1.